The topological polar surface area (TPSA) is 110 Å². The van der Waals surface area contributed by atoms with E-state index >= 15 is 0 Å². The zero-order chi connectivity index (χ0) is 18.8. The molecule has 0 bridgehead atoms. The minimum Gasteiger partial charge on any atom is -0.465 e. The fourth-order valence-corrected chi connectivity index (χ4v) is 3.31. The van der Waals surface area contributed by atoms with Gasteiger partial charge in [-0.1, -0.05) is 13.8 Å². The Labute approximate surface area is 147 Å². The van der Waals surface area contributed by atoms with E-state index < -0.39 is 16.0 Å². The highest BCUT2D eigenvalue weighted by Gasteiger charge is 2.26. The Morgan fingerprint density at radius 2 is 1.76 bits per heavy atom. The number of esters is 1. The number of methoxy groups -OCH3 is 1. The molecule has 0 aromatic heterocycles. The SMILES string of the molecule is COC(=O)c1cc(S(N)(=O)=O)ccc1N1CCN(C(=O)C(C)C)CC1. The summed E-state index contributed by atoms with van der Waals surface area (Å²) < 4.78 is 27.8. The summed E-state index contributed by atoms with van der Waals surface area (Å²) in [4.78, 5) is 27.7. The van der Waals surface area contributed by atoms with Gasteiger partial charge in [0.05, 0.1) is 23.3 Å². The maximum absolute atomic E-state index is 12.1. The van der Waals surface area contributed by atoms with Gasteiger partial charge in [-0.25, -0.2) is 18.4 Å². The molecule has 1 aromatic carbocycles. The standard InChI is InChI=1S/C16H23N3O5S/c1-11(2)15(20)19-8-6-18(7-9-19)14-5-4-12(25(17,22)23)10-13(14)16(21)24-3/h4-5,10-11H,6-9H2,1-3H3,(H2,17,22,23). The van der Waals surface area contributed by atoms with Crippen molar-refractivity contribution in [3.05, 3.63) is 23.8 Å². The molecule has 2 rings (SSSR count). The Bertz CT molecular complexity index is 768. The molecule has 1 aliphatic rings. The summed E-state index contributed by atoms with van der Waals surface area (Å²) in [7, 11) is -2.69. The van der Waals surface area contributed by atoms with Crippen LogP contribution in [0.1, 0.15) is 24.2 Å². The number of anilines is 1. The maximum atomic E-state index is 12.1. The summed E-state index contributed by atoms with van der Waals surface area (Å²) in [5.74, 6) is -0.607. The molecule has 1 heterocycles. The van der Waals surface area contributed by atoms with Crippen LogP contribution in [0.25, 0.3) is 0 Å². The van der Waals surface area contributed by atoms with E-state index in [9.17, 15) is 18.0 Å². The summed E-state index contributed by atoms with van der Waals surface area (Å²) >= 11 is 0. The molecule has 0 aliphatic carbocycles. The first-order valence-electron chi connectivity index (χ1n) is 7.94. The van der Waals surface area contributed by atoms with E-state index in [1.165, 1.54) is 19.2 Å². The summed E-state index contributed by atoms with van der Waals surface area (Å²) in [5, 5.41) is 5.14. The van der Waals surface area contributed by atoms with Gasteiger partial charge in [-0.3, -0.25) is 4.79 Å². The molecule has 0 unspecified atom stereocenters. The number of hydrogen-bond donors (Lipinski definition) is 1. The van der Waals surface area contributed by atoms with Gasteiger partial charge >= 0.3 is 5.97 Å². The van der Waals surface area contributed by atoms with Gasteiger partial charge in [-0.05, 0) is 18.2 Å². The molecule has 1 fully saturated rings. The van der Waals surface area contributed by atoms with E-state index in [1.807, 2.05) is 18.7 Å². The molecule has 0 radical (unpaired) electrons. The molecular weight excluding hydrogens is 346 g/mol. The molecule has 0 saturated carbocycles. The monoisotopic (exact) mass is 369 g/mol. The maximum Gasteiger partial charge on any atom is 0.340 e. The third-order valence-electron chi connectivity index (χ3n) is 4.13. The van der Waals surface area contributed by atoms with E-state index in [0.29, 0.717) is 31.9 Å². The number of primary sulfonamides is 1. The zero-order valence-corrected chi connectivity index (χ0v) is 15.4. The highest BCUT2D eigenvalue weighted by Crippen LogP contribution is 2.26. The van der Waals surface area contributed by atoms with Crippen molar-refractivity contribution in [3.8, 4) is 0 Å². The average Bonchev–Trinajstić information content (AvgIpc) is 2.59. The molecule has 9 heteroatoms. The number of sulfonamides is 1. The molecule has 138 valence electrons. The number of nitrogens with zero attached hydrogens (tertiary/aromatic N) is 2. The molecule has 8 nitrogen and oxygen atoms in total. The van der Waals surface area contributed by atoms with E-state index in [0.717, 1.165) is 0 Å². The van der Waals surface area contributed by atoms with E-state index in [1.54, 1.807) is 11.0 Å². The van der Waals surface area contributed by atoms with Crippen LogP contribution in [0.3, 0.4) is 0 Å². The quantitative estimate of drug-likeness (QED) is 0.771. The molecule has 1 aliphatic heterocycles. The number of ether oxygens (including phenoxy) is 1. The Hall–Kier alpha value is -2.13. The number of hydrogen-bond acceptors (Lipinski definition) is 6. The Kier molecular flexibility index (Phi) is 5.69. The molecule has 0 atom stereocenters. The van der Waals surface area contributed by atoms with E-state index in [2.05, 4.69) is 0 Å². The number of nitrogens with two attached hydrogens (primary N) is 1. The number of piperazine rings is 1. The van der Waals surface area contributed by atoms with Gasteiger partial charge in [0, 0.05) is 32.1 Å². The predicted octanol–water partition coefficient (Wildman–Crippen LogP) is 0.425. The van der Waals surface area contributed by atoms with Gasteiger partial charge in [-0.2, -0.15) is 0 Å². The third-order valence-corrected chi connectivity index (χ3v) is 5.04. The minimum absolute atomic E-state index is 0.0637. The van der Waals surface area contributed by atoms with Crippen molar-refractivity contribution in [3.63, 3.8) is 0 Å². The van der Waals surface area contributed by atoms with Crippen LogP contribution in [0.15, 0.2) is 23.1 Å². The fourth-order valence-electron chi connectivity index (χ4n) is 2.77. The van der Waals surface area contributed by atoms with E-state index in [4.69, 9.17) is 9.88 Å². The Morgan fingerprint density at radius 1 is 1.16 bits per heavy atom. The summed E-state index contributed by atoms with van der Waals surface area (Å²) in [6, 6.07) is 4.14. The van der Waals surface area contributed by atoms with Crippen molar-refractivity contribution in [1.29, 1.82) is 0 Å². The second-order valence-electron chi connectivity index (χ2n) is 6.18. The van der Waals surface area contributed by atoms with E-state index in [-0.39, 0.29) is 22.3 Å². The molecular formula is C16H23N3O5S. The first-order chi connectivity index (χ1) is 11.6. The second-order valence-corrected chi connectivity index (χ2v) is 7.74. The summed E-state index contributed by atoms with van der Waals surface area (Å²) in [6.07, 6.45) is 0. The van der Waals surface area contributed by atoms with Gasteiger partial charge in [0.2, 0.25) is 15.9 Å². The van der Waals surface area contributed by atoms with Crippen LogP contribution in [0.4, 0.5) is 5.69 Å². The predicted molar refractivity (Wildman–Crippen MR) is 92.8 cm³/mol. The first-order valence-corrected chi connectivity index (χ1v) is 9.48. The van der Waals surface area contributed by atoms with Crippen molar-refractivity contribution in [1.82, 2.24) is 4.90 Å². The van der Waals surface area contributed by atoms with Crippen LogP contribution in [-0.4, -0.2) is 58.5 Å². The summed E-state index contributed by atoms with van der Waals surface area (Å²) in [5.41, 5.74) is 0.702. The van der Waals surface area contributed by atoms with Gasteiger partial charge in [0.1, 0.15) is 0 Å². The highest BCUT2D eigenvalue weighted by atomic mass is 32.2. The lowest BCUT2D eigenvalue weighted by Crippen LogP contribution is -2.50. The average molecular weight is 369 g/mol. The van der Waals surface area contributed by atoms with Crippen LogP contribution < -0.4 is 10.0 Å². The van der Waals surface area contributed by atoms with Crippen molar-refractivity contribution >= 4 is 27.6 Å². The Balaban J connectivity index is 2.28. The molecule has 1 aromatic rings. The van der Waals surface area contributed by atoms with Crippen molar-refractivity contribution in [2.75, 3.05) is 38.2 Å². The van der Waals surface area contributed by atoms with Gasteiger partial charge in [0.15, 0.2) is 0 Å². The number of benzene rings is 1. The summed E-state index contributed by atoms with van der Waals surface area (Å²) in [6.45, 7) is 5.86. The van der Waals surface area contributed by atoms with Gasteiger partial charge in [0.25, 0.3) is 0 Å². The largest absolute Gasteiger partial charge is 0.465 e. The third kappa shape index (κ3) is 4.29. The molecule has 2 N–H and O–H groups in total. The number of carbonyl (C=O) groups excluding carboxylic acids is 2. The molecule has 1 amide bonds. The van der Waals surface area contributed by atoms with Gasteiger partial charge < -0.3 is 14.5 Å². The minimum atomic E-state index is -3.92. The lowest BCUT2D eigenvalue weighted by molar-refractivity contribution is -0.134. The zero-order valence-electron chi connectivity index (χ0n) is 14.6. The lowest BCUT2D eigenvalue weighted by Gasteiger charge is -2.37. The van der Waals surface area contributed by atoms with Gasteiger partial charge in [-0.15, -0.1) is 0 Å². The number of amides is 1. The van der Waals surface area contributed by atoms with Crippen LogP contribution in [-0.2, 0) is 19.6 Å². The second kappa shape index (κ2) is 7.40. The molecule has 25 heavy (non-hydrogen) atoms. The highest BCUT2D eigenvalue weighted by molar-refractivity contribution is 7.89. The molecule has 0 spiro atoms. The first kappa shape index (κ1) is 19.2. The van der Waals surface area contributed by atoms with Crippen molar-refractivity contribution in [2.24, 2.45) is 11.1 Å². The van der Waals surface area contributed by atoms with Crippen LogP contribution >= 0.6 is 0 Å². The van der Waals surface area contributed by atoms with Crippen molar-refractivity contribution < 1.29 is 22.7 Å². The van der Waals surface area contributed by atoms with Crippen molar-refractivity contribution in [2.45, 2.75) is 18.7 Å². The Morgan fingerprint density at radius 3 is 2.24 bits per heavy atom. The normalized spacial score (nSPS) is 15.4. The fraction of sp³-hybridized carbons (Fsp3) is 0.500. The number of carbonyl (C=O) groups is 2. The van der Waals surface area contributed by atoms with Crippen LogP contribution in [0.5, 0.6) is 0 Å². The lowest BCUT2D eigenvalue weighted by atomic mass is 10.1. The number of rotatable bonds is 4. The van der Waals surface area contributed by atoms with Crippen LogP contribution in [0.2, 0.25) is 0 Å². The van der Waals surface area contributed by atoms with Crippen LogP contribution in [0, 0.1) is 5.92 Å². The smallest absolute Gasteiger partial charge is 0.340 e. The molecule has 1 saturated heterocycles.